The van der Waals surface area contributed by atoms with Crippen LogP contribution in [0.1, 0.15) is 111 Å². The lowest BCUT2D eigenvalue weighted by Gasteiger charge is -2.28. The van der Waals surface area contributed by atoms with Crippen LogP contribution >= 0.6 is 0 Å². The van der Waals surface area contributed by atoms with E-state index >= 15 is 0 Å². The zero-order valence-electron chi connectivity index (χ0n) is 34.6. The number of allylic oxidation sites excluding steroid dienone is 3. The van der Waals surface area contributed by atoms with Gasteiger partial charge in [0.2, 0.25) is 11.8 Å². The number of aryl methyl sites for hydroxylation is 1. The molecule has 2 N–H and O–H groups in total. The Hall–Kier alpha value is -4.60. The smallest absolute Gasteiger partial charge is 0.410 e. The molecule has 56 heavy (non-hydrogen) atoms. The number of nitrogens with zero attached hydrogens (tertiary/aromatic N) is 2. The highest BCUT2D eigenvalue weighted by Crippen LogP contribution is 2.56. The quantitative estimate of drug-likeness (QED) is 0.208. The van der Waals surface area contributed by atoms with Crippen LogP contribution in [0.2, 0.25) is 0 Å². The van der Waals surface area contributed by atoms with E-state index in [0.29, 0.717) is 44.6 Å². The molecule has 2 aromatic carbocycles. The molecule has 2 heterocycles. The number of rotatable bonds is 12. The van der Waals surface area contributed by atoms with Crippen molar-refractivity contribution in [1.29, 1.82) is 0 Å². The molecular formula is C46H62N4O6. The van der Waals surface area contributed by atoms with Crippen LogP contribution in [0.3, 0.4) is 0 Å². The van der Waals surface area contributed by atoms with Crippen molar-refractivity contribution in [1.82, 2.24) is 15.1 Å². The van der Waals surface area contributed by atoms with Gasteiger partial charge in [-0.2, -0.15) is 0 Å². The Kier molecular flexibility index (Phi) is 11.8. The van der Waals surface area contributed by atoms with Crippen molar-refractivity contribution < 1.29 is 28.7 Å². The summed E-state index contributed by atoms with van der Waals surface area (Å²) in [5.41, 5.74) is 5.15. The highest BCUT2D eigenvalue weighted by molar-refractivity contribution is 5.97. The predicted octanol–water partition coefficient (Wildman–Crippen LogP) is 8.99. The summed E-state index contributed by atoms with van der Waals surface area (Å²) in [4.78, 5) is 56.7. The van der Waals surface area contributed by atoms with Gasteiger partial charge in [0.1, 0.15) is 23.3 Å². The summed E-state index contributed by atoms with van der Waals surface area (Å²) in [5, 5.41) is 6.22. The molecule has 0 bridgehead atoms. The van der Waals surface area contributed by atoms with E-state index in [4.69, 9.17) is 9.47 Å². The highest BCUT2D eigenvalue weighted by Gasteiger charge is 2.57. The van der Waals surface area contributed by atoms with Crippen molar-refractivity contribution in [3.63, 3.8) is 0 Å². The summed E-state index contributed by atoms with van der Waals surface area (Å²) < 4.78 is 11.3. The number of nitrogens with one attached hydrogen (secondary N) is 2. The molecule has 4 fully saturated rings. The number of carbonyl (C=O) groups is 4. The molecule has 2 aliphatic carbocycles. The molecule has 2 saturated heterocycles. The molecule has 0 unspecified atom stereocenters. The zero-order valence-corrected chi connectivity index (χ0v) is 34.6. The van der Waals surface area contributed by atoms with Crippen LogP contribution in [0.4, 0.5) is 15.3 Å². The Labute approximate surface area is 333 Å². The van der Waals surface area contributed by atoms with Crippen LogP contribution in [0.5, 0.6) is 0 Å². The molecule has 10 heteroatoms. The molecule has 4 aliphatic rings. The second kappa shape index (κ2) is 16.1. The van der Waals surface area contributed by atoms with Crippen molar-refractivity contribution in [3.8, 4) is 11.1 Å². The van der Waals surface area contributed by atoms with Gasteiger partial charge in [-0.3, -0.25) is 19.4 Å². The van der Waals surface area contributed by atoms with Crippen LogP contribution in [-0.4, -0.2) is 76.7 Å². The molecule has 2 aromatic rings. The van der Waals surface area contributed by atoms with E-state index in [1.807, 2.05) is 71.9 Å². The van der Waals surface area contributed by atoms with Gasteiger partial charge in [0, 0.05) is 25.3 Å². The molecule has 2 aliphatic heterocycles. The maximum atomic E-state index is 13.7. The topological polar surface area (TPSA) is 117 Å². The Morgan fingerprint density at radius 3 is 1.86 bits per heavy atom. The second-order valence-corrected chi connectivity index (χ2v) is 18.7. The fourth-order valence-electron chi connectivity index (χ4n) is 8.20. The number of ether oxygens (including phenoxy) is 2. The summed E-state index contributed by atoms with van der Waals surface area (Å²) in [5.74, 6) is -0.343. The molecule has 0 aromatic heterocycles. The van der Waals surface area contributed by atoms with Gasteiger partial charge in [-0.15, -0.1) is 0 Å². The second-order valence-electron chi connectivity index (χ2n) is 18.7. The number of hydrogen-bond acceptors (Lipinski definition) is 6. The lowest BCUT2D eigenvalue weighted by Crippen LogP contribution is -2.47. The number of anilines is 1. The van der Waals surface area contributed by atoms with Crippen LogP contribution in [-0.2, 0) is 31.9 Å². The first-order valence-corrected chi connectivity index (χ1v) is 20.5. The standard InChI is InChI=1S/C46H62N4O6/c1-9-11-31(10-2)12-13-32-14-15-34(20-25-47-39(51)37-27-45(21-22-45)29-49(37)41(53)55-43(3,4)5)36(26-32)33-16-18-35(19-17-33)48-40(52)38-28-46(23-24-46)30-50(38)42(54)56-44(6,7)8/h9,11,14-19,26,37-38H,1,10,12-13,20-25,27-30H2,2-8H3,(H,47,51)(H,48,52)/b31-11+/t37-,38-/m0/s1. The van der Waals surface area contributed by atoms with Gasteiger partial charge in [-0.05, 0) is 151 Å². The number of hydrogen-bond donors (Lipinski definition) is 2. The predicted molar refractivity (Wildman–Crippen MR) is 220 cm³/mol. The van der Waals surface area contributed by atoms with E-state index in [9.17, 15) is 19.2 Å². The van der Waals surface area contributed by atoms with Gasteiger partial charge in [0.05, 0.1) is 0 Å². The van der Waals surface area contributed by atoms with Gasteiger partial charge >= 0.3 is 12.2 Å². The normalized spacial score (nSPS) is 20.9. The summed E-state index contributed by atoms with van der Waals surface area (Å²) in [6.45, 7) is 18.6. The van der Waals surface area contributed by atoms with E-state index in [1.54, 1.807) is 9.80 Å². The molecule has 10 nitrogen and oxygen atoms in total. The molecule has 2 saturated carbocycles. The number of amides is 4. The van der Waals surface area contributed by atoms with Gasteiger partial charge < -0.3 is 20.1 Å². The van der Waals surface area contributed by atoms with E-state index in [2.05, 4.69) is 48.4 Å². The van der Waals surface area contributed by atoms with Gasteiger partial charge in [-0.25, -0.2) is 9.59 Å². The molecule has 2 spiro atoms. The minimum atomic E-state index is -0.645. The van der Waals surface area contributed by atoms with Crippen molar-refractivity contribution in [2.24, 2.45) is 10.8 Å². The third-order valence-electron chi connectivity index (χ3n) is 11.7. The van der Waals surface area contributed by atoms with Crippen LogP contribution < -0.4 is 10.6 Å². The maximum absolute atomic E-state index is 13.7. The monoisotopic (exact) mass is 766 g/mol. The Morgan fingerprint density at radius 1 is 0.804 bits per heavy atom. The lowest BCUT2D eigenvalue weighted by atomic mass is 9.93. The average molecular weight is 767 g/mol. The molecule has 302 valence electrons. The summed E-state index contributed by atoms with van der Waals surface area (Å²) in [6.07, 6.45) is 11.9. The third kappa shape index (κ3) is 10.2. The maximum Gasteiger partial charge on any atom is 0.410 e. The molecule has 4 amide bonds. The minimum Gasteiger partial charge on any atom is -0.444 e. The Balaban J connectivity index is 1.15. The summed E-state index contributed by atoms with van der Waals surface area (Å²) in [6, 6.07) is 13.3. The number of benzene rings is 2. The van der Waals surface area contributed by atoms with E-state index in [1.165, 1.54) is 11.1 Å². The zero-order chi connectivity index (χ0) is 40.5. The first-order valence-electron chi connectivity index (χ1n) is 20.5. The number of carbonyl (C=O) groups excluding carboxylic acids is 4. The van der Waals surface area contributed by atoms with Gasteiger partial charge in [0.15, 0.2) is 0 Å². The van der Waals surface area contributed by atoms with E-state index in [-0.39, 0.29) is 22.6 Å². The average Bonchev–Trinajstić information content (AvgIpc) is 3.98. The SMILES string of the molecule is C=C/C=C(\CC)CCc1ccc(CCNC(=O)[C@@H]2CC3(CC3)CN2C(=O)OC(C)(C)C)c(-c2ccc(NC(=O)[C@@H]3CC4(CC4)CN3C(=O)OC(C)(C)C)cc2)c1. The van der Waals surface area contributed by atoms with Crippen LogP contribution in [0, 0.1) is 10.8 Å². The van der Waals surface area contributed by atoms with Crippen molar-refractivity contribution in [3.05, 3.63) is 77.9 Å². The largest absolute Gasteiger partial charge is 0.444 e. The Bertz CT molecular complexity index is 1840. The summed E-state index contributed by atoms with van der Waals surface area (Å²) >= 11 is 0. The highest BCUT2D eigenvalue weighted by atomic mass is 16.6. The molecular weight excluding hydrogens is 705 g/mol. The number of likely N-dealkylation sites (tertiary alicyclic amines) is 2. The van der Waals surface area contributed by atoms with Gasteiger partial charge in [0.25, 0.3) is 0 Å². The van der Waals surface area contributed by atoms with Crippen molar-refractivity contribution in [2.75, 3.05) is 25.0 Å². The fourth-order valence-corrected chi connectivity index (χ4v) is 8.20. The van der Waals surface area contributed by atoms with Crippen molar-refractivity contribution >= 4 is 29.7 Å². The van der Waals surface area contributed by atoms with Crippen LogP contribution in [0.25, 0.3) is 11.1 Å². The third-order valence-corrected chi connectivity index (χ3v) is 11.7. The molecule has 6 rings (SSSR count). The van der Waals surface area contributed by atoms with E-state index in [0.717, 1.165) is 61.6 Å². The molecule has 2 atom stereocenters. The van der Waals surface area contributed by atoms with Crippen molar-refractivity contribution in [2.45, 2.75) is 136 Å². The first kappa shape index (κ1) is 41.0. The molecule has 0 radical (unpaired) electrons. The van der Waals surface area contributed by atoms with Crippen LogP contribution in [0.15, 0.2) is 66.8 Å². The fraction of sp³-hybridized carbons (Fsp3) is 0.565. The van der Waals surface area contributed by atoms with E-state index < -0.39 is 35.5 Å². The first-order chi connectivity index (χ1) is 26.4. The lowest BCUT2D eigenvalue weighted by molar-refractivity contribution is -0.125. The Morgan fingerprint density at radius 2 is 1.36 bits per heavy atom. The summed E-state index contributed by atoms with van der Waals surface area (Å²) in [7, 11) is 0. The van der Waals surface area contributed by atoms with Gasteiger partial charge in [-0.1, -0.05) is 61.6 Å². The minimum absolute atomic E-state index is 0.0248.